The lowest BCUT2D eigenvalue weighted by molar-refractivity contribution is 0.175. The Morgan fingerprint density at radius 1 is 1.50 bits per heavy atom. The highest BCUT2D eigenvalue weighted by Gasteiger charge is 2.16. The Morgan fingerprint density at radius 3 is 3.00 bits per heavy atom. The maximum absolute atomic E-state index is 5.55. The SMILES string of the molecule is CC1CCCN(Cc2ccc(CN)cn2)C1. The van der Waals surface area contributed by atoms with E-state index in [2.05, 4.69) is 28.9 Å². The summed E-state index contributed by atoms with van der Waals surface area (Å²) in [7, 11) is 0. The molecule has 1 saturated heterocycles. The monoisotopic (exact) mass is 219 g/mol. The summed E-state index contributed by atoms with van der Waals surface area (Å²) in [6, 6.07) is 4.18. The average molecular weight is 219 g/mol. The molecule has 0 aromatic carbocycles. The van der Waals surface area contributed by atoms with Gasteiger partial charge in [0.15, 0.2) is 0 Å². The van der Waals surface area contributed by atoms with Crippen LogP contribution in [-0.4, -0.2) is 23.0 Å². The van der Waals surface area contributed by atoms with Crippen molar-refractivity contribution >= 4 is 0 Å². The molecule has 0 saturated carbocycles. The molecule has 0 amide bonds. The molecule has 16 heavy (non-hydrogen) atoms. The van der Waals surface area contributed by atoms with Crippen molar-refractivity contribution < 1.29 is 0 Å². The Labute approximate surface area is 97.7 Å². The molecule has 2 heterocycles. The summed E-state index contributed by atoms with van der Waals surface area (Å²) in [5.41, 5.74) is 7.82. The number of nitrogens with two attached hydrogens (primary N) is 1. The molecule has 2 N–H and O–H groups in total. The lowest BCUT2D eigenvalue weighted by Crippen LogP contribution is -2.33. The van der Waals surface area contributed by atoms with Gasteiger partial charge >= 0.3 is 0 Å². The molecule has 1 aromatic rings. The second-order valence-electron chi connectivity index (χ2n) is 4.84. The van der Waals surface area contributed by atoms with Crippen molar-refractivity contribution in [3.05, 3.63) is 29.6 Å². The van der Waals surface area contributed by atoms with Gasteiger partial charge in [0.1, 0.15) is 0 Å². The Morgan fingerprint density at radius 2 is 2.38 bits per heavy atom. The van der Waals surface area contributed by atoms with E-state index in [1.54, 1.807) is 0 Å². The van der Waals surface area contributed by atoms with E-state index in [0.717, 1.165) is 23.7 Å². The molecule has 0 radical (unpaired) electrons. The zero-order chi connectivity index (χ0) is 11.4. The third-order valence-corrected chi connectivity index (χ3v) is 3.25. The maximum atomic E-state index is 5.55. The highest BCUT2D eigenvalue weighted by atomic mass is 15.1. The number of likely N-dealkylation sites (tertiary alicyclic amines) is 1. The van der Waals surface area contributed by atoms with Crippen molar-refractivity contribution in [1.29, 1.82) is 0 Å². The molecule has 1 unspecified atom stereocenters. The normalized spacial score (nSPS) is 22.2. The van der Waals surface area contributed by atoms with Crippen LogP contribution >= 0.6 is 0 Å². The van der Waals surface area contributed by atoms with Crippen LogP contribution in [0, 0.1) is 5.92 Å². The van der Waals surface area contributed by atoms with Gasteiger partial charge in [0.05, 0.1) is 5.69 Å². The number of hydrogen-bond donors (Lipinski definition) is 1. The van der Waals surface area contributed by atoms with E-state index in [-0.39, 0.29) is 0 Å². The van der Waals surface area contributed by atoms with E-state index in [1.165, 1.54) is 25.9 Å². The molecule has 0 bridgehead atoms. The zero-order valence-corrected chi connectivity index (χ0v) is 10.0. The van der Waals surface area contributed by atoms with Crippen LogP contribution in [0.15, 0.2) is 18.3 Å². The molecular weight excluding hydrogens is 198 g/mol. The topological polar surface area (TPSA) is 42.1 Å². The summed E-state index contributed by atoms with van der Waals surface area (Å²) >= 11 is 0. The highest BCUT2D eigenvalue weighted by molar-refractivity contribution is 5.13. The lowest BCUT2D eigenvalue weighted by Gasteiger charge is -2.30. The molecule has 0 spiro atoms. The Balaban J connectivity index is 1.92. The average Bonchev–Trinajstić information content (AvgIpc) is 2.30. The van der Waals surface area contributed by atoms with Crippen LogP contribution in [0.3, 0.4) is 0 Å². The van der Waals surface area contributed by atoms with Gasteiger partial charge in [-0.15, -0.1) is 0 Å². The number of aromatic nitrogens is 1. The highest BCUT2D eigenvalue weighted by Crippen LogP contribution is 2.17. The van der Waals surface area contributed by atoms with E-state index in [4.69, 9.17) is 5.73 Å². The summed E-state index contributed by atoms with van der Waals surface area (Å²) in [4.78, 5) is 6.95. The minimum absolute atomic E-state index is 0.577. The van der Waals surface area contributed by atoms with Crippen LogP contribution in [0.5, 0.6) is 0 Å². The van der Waals surface area contributed by atoms with E-state index in [0.29, 0.717) is 6.54 Å². The van der Waals surface area contributed by atoms with Gasteiger partial charge in [-0.3, -0.25) is 9.88 Å². The van der Waals surface area contributed by atoms with Crippen LogP contribution < -0.4 is 5.73 Å². The standard InChI is InChI=1S/C13H21N3/c1-11-3-2-6-16(9-11)10-13-5-4-12(7-14)8-15-13/h4-5,8,11H,2-3,6-7,9-10,14H2,1H3. The fourth-order valence-corrected chi connectivity index (χ4v) is 2.33. The summed E-state index contributed by atoms with van der Waals surface area (Å²) in [6.07, 6.45) is 4.58. The van der Waals surface area contributed by atoms with Gasteiger partial charge in [-0.25, -0.2) is 0 Å². The Hall–Kier alpha value is -0.930. The van der Waals surface area contributed by atoms with E-state index >= 15 is 0 Å². The molecule has 3 nitrogen and oxygen atoms in total. The second-order valence-corrected chi connectivity index (χ2v) is 4.84. The van der Waals surface area contributed by atoms with E-state index in [1.807, 2.05) is 6.20 Å². The number of hydrogen-bond acceptors (Lipinski definition) is 3. The van der Waals surface area contributed by atoms with Crippen LogP contribution in [0.2, 0.25) is 0 Å². The van der Waals surface area contributed by atoms with Gasteiger partial charge < -0.3 is 5.73 Å². The summed E-state index contributed by atoms with van der Waals surface area (Å²) in [5.74, 6) is 0.831. The van der Waals surface area contributed by atoms with Crippen LogP contribution in [0.4, 0.5) is 0 Å². The number of pyridine rings is 1. The van der Waals surface area contributed by atoms with Crippen LogP contribution in [0.25, 0.3) is 0 Å². The first-order valence-electron chi connectivity index (χ1n) is 6.14. The third kappa shape index (κ3) is 3.03. The molecular formula is C13H21N3. The molecule has 1 fully saturated rings. The Bertz CT molecular complexity index is 320. The smallest absolute Gasteiger partial charge is 0.0544 e. The van der Waals surface area contributed by atoms with Gasteiger partial charge in [0, 0.05) is 25.8 Å². The lowest BCUT2D eigenvalue weighted by atomic mass is 10.0. The van der Waals surface area contributed by atoms with Gasteiger partial charge in [-0.2, -0.15) is 0 Å². The van der Waals surface area contributed by atoms with Crippen molar-refractivity contribution in [2.75, 3.05) is 13.1 Å². The molecule has 1 atom stereocenters. The first-order chi connectivity index (χ1) is 7.78. The van der Waals surface area contributed by atoms with Crippen LogP contribution in [0.1, 0.15) is 31.0 Å². The van der Waals surface area contributed by atoms with Crippen molar-refractivity contribution in [3.8, 4) is 0 Å². The molecule has 1 aliphatic heterocycles. The molecule has 1 aromatic heterocycles. The van der Waals surface area contributed by atoms with Gasteiger partial charge in [-0.05, 0) is 36.9 Å². The Kier molecular flexibility index (Phi) is 3.91. The van der Waals surface area contributed by atoms with Gasteiger partial charge in [-0.1, -0.05) is 13.0 Å². The second kappa shape index (κ2) is 5.41. The molecule has 88 valence electrons. The van der Waals surface area contributed by atoms with Crippen molar-refractivity contribution in [2.24, 2.45) is 11.7 Å². The minimum atomic E-state index is 0.577. The zero-order valence-electron chi connectivity index (χ0n) is 10.0. The first-order valence-corrected chi connectivity index (χ1v) is 6.14. The molecule has 0 aliphatic carbocycles. The maximum Gasteiger partial charge on any atom is 0.0544 e. The van der Waals surface area contributed by atoms with Crippen LogP contribution in [-0.2, 0) is 13.1 Å². The fourth-order valence-electron chi connectivity index (χ4n) is 2.33. The van der Waals surface area contributed by atoms with E-state index < -0.39 is 0 Å². The quantitative estimate of drug-likeness (QED) is 0.842. The van der Waals surface area contributed by atoms with Crippen molar-refractivity contribution in [2.45, 2.75) is 32.9 Å². The first kappa shape index (κ1) is 11.6. The largest absolute Gasteiger partial charge is 0.326 e. The minimum Gasteiger partial charge on any atom is -0.326 e. The third-order valence-electron chi connectivity index (χ3n) is 3.25. The van der Waals surface area contributed by atoms with Crippen molar-refractivity contribution in [1.82, 2.24) is 9.88 Å². The predicted octanol–water partition coefficient (Wildman–Crippen LogP) is 1.77. The summed E-state index contributed by atoms with van der Waals surface area (Å²) < 4.78 is 0. The molecule has 1 aliphatic rings. The van der Waals surface area contributed by atoms with Crippen molar-refractivity contribution in [3.63, 3.8) is 0 Å². The molecule has 3 heteroatoms. The van der Waals surface area contributed by atoms with Gasteiger partial charge in [0.2, 0.25) is 0 Å². The number of piperidine rings is 1. The number of nitrogens with zero attached hydrogens (tertiary/aromatic N) is 2. The predicted molar refractivity (Wildman–Crippen MR) is 65.8 cm³/mol. The fraction of sp³-hybridized carbons (Fsp3) is 0.615. The summed E-state index contributed by atoms with van der Waals surface area (Å²) in [5, 5.41) is 0. The van der Waals surface area contributed by atoms with E-state index in [9.17, 15) is 0 Å². The van der Waals surface area contributed by atoms with Gasteiger partial charge in [0.25, 0.3) is 0 Å². The molecule has 2 rings (SSSR count). The number of rotatable bonds is 3. The summed E-state index contributed by atoms with van der Waals surface area (Å²) in [6.45, 7) is 6.31.